The van der Waals surface area contributed by atoms with E-state index in [1.807, 2.05) is 6.08 Å². The number of hydrogen-bond donors (Lipinski definition) is 2. The zero-order chi connectivity index (χ0) is 33.3. The fourth-order valence-corrected chi connectivity index (χ4v) is 5.47. The summed E-state index contributed by atoms with van der Waals surface area (Å²) in [6, 6.07) is 0. The fraction of sp³-hybridized carbons (Fsp3) is 0.833. The number of phosphoric acid groups is 1. The van der Waals surface area contributed by atoms with Gasteiger partial charge in [0.1, 0.15) is 6.61 Å². The molecule has 0 unspecified atom stereocenters. The zero-order valence-electron chi connectivity index (χ0n) is 28.6. The summed E-state index contributed by atoms with van der Waals surface area (Å²) in [6.07, 6.45) is 33.6. The Morgan fingerprint density at radius 3 is 1.51 bits per heavy atom. The Bertz CT molecular complexity index is 779. The maximum atomic E-state index is 12.3. The Hall–Kier alpha value is -1.47. The summed E-state index contributed by atoms with van der Waals surface area (Å²) in [5, 5.41) is 0. The second kappa shape index (κ2) is 32.5. The van der Waals surface area contributed by atoms with Crippen LogP contribution in [0.5, 0.6) is 0 Å². The number of rotatable bonds is 34. The number of allylic oxidation sites excluding steroid dienone is 3. The second-order valence-electron chi connectivity index (χ2n) is 12.3. The molecule has 0 aromatic carbocycles. The zero-order valence-corrected chi connectivity index (χ0v) is 29.5. The van der Waals surface area contributed by atoms with E-state index in [9.17, 15) is 14.2 Å². The number of carbonyl (C=O) groups excluding carboxylic acids is 2. The van der Waals surface area contributed by atoms with Crippen LogP contribution in [0.1, 0.15) is 174 Å². The molecular weight excluding hydrogens is 591 g/mol. The number of ether oxygens (including phenoxy) is 2. The van der Waals surface area contributed by atoms with Crippen molar-refractivity contribution in [3.8, 4) is 0 Å². The van der Waals surface area contributed by atoms with E-state index in [-0.39, 0.29) is 19.4 Å². The number of phosphoric ester groups is 1. The van der Waals surface area contributed by atoms with E-state index in [2.05, 4.69) is 30.2 Å². The van der Waals surface area contributed by atoms with Gasteiger partial charge in [0.15, 0.2) is 6.10 Å². The summed E-state index contributed by atoms with van der Waals surface area (Å²) in [4.78, 5) is 42.6. The first-order valence-electron chi connectivity index (χ1n) is 18.1. The fourth-order valence-electron chi connectivity index (χ4n) is 5.11. The highest BCUT2D eigenvalue weighted by Gasteiger charge is 2.22. The first-order valence-corrected chi connectivity index (χ1v) is 19.6. The van der Waals surface area contributed by atoms with E-state index in [1.165, 1.54) is 83.5 Å². The lowest BCUT2D eigenvalue weighted by molar-refractivity contribution is -0.161. The molecule has 0 aliphatic carbocycles. The van der Waals surface area contributed by atoms with Crippen molar-refractivity contribution in [3.05, 3.63) is 24.8 Å². The van der Waals surface area contributed by atoms with Crippen molar-refractivity contribution in [2.75, 3.05) is 13.2 Å². The lowest BCUT2D eigenvalue weighted by Crippen LogP contribution is -2.29. The molecule has 0 aromatic rings. The smallest absolute Gasteiger partial charge is 0.462 e. The highest BCUT2D eigenvalue weighted by molar-refractivity contribution is 7.46. The molecule has 0 aliphatic rings. The van der Waals surface area contributed by atoms with Crippen LogP contribution in [0.15, 0.2) is 24.8 Å². The Labute approximate surface area is 275 Å². The van der Waals surface area contributed by atoms with E-state index < -0.39 is 32.5 Å². The molecule has 0 bridgehead atoms. The molecule has 0 heterocycles. The monoisotopic (exact) mass is 658 g/mol. The van der Waals surface area contributed by atoms with Gasteiger partial charge in [-0.2, -0.15) is 0 Å². The number of carbonyl (C=O) groups is 2. The van der Waals surface area contributed by atoms with Gasteiger partial charge in [-0.05, 0) is 51.4 Å². The van der Waals surface area contributed by atoms with Crippen LogP contribution in [-0.2, 0) is 28.2 Å². The minimum atomic E-state index is -4.75. The summed E-state index contributed by atoms with van der Waals surface area (Å²) in [5.74, 6) is -0.896. The van der Waals surface area contributed by atoms with Crippen LogP contribution in [0.2, 0.25) is 0 Å². The van der Waals surface area contributed by atoms with Crippen molar-refractivity contribution in [2.45, 2.75) is 180 Å². The van der Waals surface area contributed by atoms with Crippen LogP contribution in [0, 0.1) is 0 Å². The van der Waals surface area contributed by atoms with Gasteiger partial charge in [-0.25, -0.2) is 4.57 Å². The largest absolute Gasteiger partial charge is 0.469 e. The van der Waals surface area contributed by atoms with Crippen molar-refractivity contribution < 1.29 is 37.9 Å². The van der Waals surface area contributed by atoms with E-state index >= 15 is 0 Å². The summed E-state index contributed by atoms with van der Waals surface area (Å²) < 4.78 is 26.2. The number of esters is 2. The Kier molecular flexibility index (Phi) is 31.4. The van der Waals surface area contributed by atoms with Crippen molar-refractivity contribution in [1.29, 1.82) is 0 Å². The molecule has 45 heavy (non-hydrogen) atoms. The number of hydrogen-bond acceptors (Lipinski definition) is 6. The third-order valence-corrected chi connectivity index (χ3v) is 8.32. The number of unbranched alkanes of at least 4 members (excludes halogenated alkanes) is 21. The molecule has 9 heteroatoms. The average molecular weight is 659 g/mol. The topological polar surface area (TPSA) is 119 Å². The van der Waals surface area contributed by atoms with Crippen LogP contribution < -0.4 is 0 Å². The first kappa shape index (κ1) is 43.5. The van der Waals surface area contributed by atoms with Crippen molar-refractivity contribution in [1.82, 2.24) is 0 Å². The van der Waals surface area contributed by atoms with Crippen LogP contribution in [0.25, 0.3) is 0 Å². The van der Waals surface area contributed by atoms with Crippen molar-refractivity contribution in [3.63, 3.8) is 0 Å². The van der Waals surface area contributed by atoms with Crippen molar-refractivity contribution in [2.24, 2.45) is 0 Å². The van der Waals surface area contributed by atoms with Gasteiger partial charge in [-0.1, -0.05) is 128 Å². The lowest BCUT2D eigenvalue weighted by Gasteiger charge is -2.18. The normalized spacial score (nSPS) is 12.4. The van der Waals surface area contributed by atoms with E-state index in [0.29, 0.717) is 12.8 Å². The summed E-state index contributed by atoms with van der Waals surface area (Å²) >= 11 is 0. The third-order valence-electron chi connectivity index (χ3n) is 7.84. The molecular formula is C36H67O8P. The molecule has 0 spiro atoms. The highest BCUT2D eigenvalue weighted by Crippen LogP contribution is 2.36. The second-order valence-corrected chi connectivity index (χ2v) is 13.5. The van der Waals surface area contributed by atoms with Gasteiger partial charge >= 0.3 is 19.8 Å². The Morgan fingerprint density at radius 1 is 0.622 bits per heavy atom. The minimum Gasteiger partial charge on any atom is -0.462 e. The standard InChI is InChI=1S/C36H67O8P/c1-3-5-7-9-11-13-15-17-18-19-21-23-25-27-29-31-36(38)44-34(33-43-45(39,40)41)32-42-35(37)30-28-26-24-22-20-16-14-12-10-8-6-4-2/h3,12,14,34H,1,4-11,13,15-33H2,2H3,(H2,39,40,41)/b14-12+/t34-/m1/s1. The van der Waals surface area contributed by atoms with Crippen LogP contribution in [0.4, 0.5) is 0 Å². The summed E-state index contributed by atoms with van der Waals surface area (Å²) in [6.45, 7) is 5.15. The predicted octanol–water partition coefficient (Wildman–Crippen LogP) is 10.5. The molecule has 0 saturated heterocycles. The molecule has 0 aromatic heterocycles. The molecule has 0 saturated carbocycles. The van der Waals surface area contributed by atoms with Crippen LogP contribution >= 0.6 is 7.82 Å². The molecule has 0 radical (unpaired) electrons. The van der Waals surface area contributed by atoms with Crippen molar-refractivity contribution >= 4 is 19.8 Å². The predicted molar refractivity (Wildman–Crippen MR) is 184 cm³/mol. The first-order chi connectivity index (χ1) is 21.8. The van der Waals surface area contributed by atoms with Crippen LogP contribution in [-0.4, -0.2) is 41.0 Å². The molecule has 0 rings (SSSR count). The van der Waals surface area contributed by atoms with Gasteiger partial charge in [0.2, 0.25) is 0 Å². The average Bonchev–Trinajstić information content (AvgIpc) is 3.00. The molecule has 0 fully saturated rings. The minimum absolute atomic E-state index is 0.210. The maximum Gasteiger partial charge on any atom is 0.469 e. The third kappa shape index (κ3) is 35.2. The SMILES string of the molecule is C=CCCCCCCCCCCCCCCCC(=O)O[C@H](COC(=O)CCCCCCC/C=C/CCCCC)COP(=O)(O)O. The van der Waals surface area contributed by atoms with Gasteiger partial charge in [-0.3, -0.25) is 14.1 Å². The van der Waals surface area contributed by atoms with Gasteiger partial charge in [-0.15, -0.1) is 6.58 Å². The molecule has 2 N–H and O–H groups in total. The lowest BCUT2D eigenvalue weighted by atomic mass is 10.0. The van der Waals surface area contributed by atoms with E-state index in [4.69, 9.17) is 19.3 Å². The Morgan fingerprint density at radius 2 is 1.04 bits per heavy atom. The molecule has 8 nitrogen and oxygen atoms in total. The van der Waals surface area contributed by atoms with Gasteiger partial charge < -0.3 is 19.3 Å². The molecule has 0 aliphatic heterocycles. The van der Waals surface area contributed by atoms with E-state index in [0.717, 1.165) is 57.8 Å². The van der Waals surface area contributed by atoms with Gasteiger partial charge in [0.25, 0.3) is 0 Å². The Balaban J connectivity index is 3.96. The molecule has 264 valence electrons. The van der Waals surface area contributed by atoms with Crippen LogP contribution in [0.3, 0.4) is 0 Å². The quantitative estimate of drug-likeness (QED) is 0.0303. The maximum absolute atomic E-state index is 12.3. The van der Waals surface area contributed by atoms with E-state index in [1.54, 1.807) is 0 Å². The van der Waals surface area contributed by atoms with Gasteiger partial charge in [0, 0.05) is 12.8 Å². The highest BCUT2D eigenvalue weighted by atomic mass is 31.2. The molecule has 1 atom stereocenters. The summed E-state index contributed by atoms with van der Waals surface area (Å²) in [7, 11) is -4.75. The summed E-state index contributed by atoms with van der Waals surface area (Å²) in [5.41, 5.74) is 0. The van der Waals surface area contributed by atoms with Gasteiger partial charge in [0.05, 0.1) is 6.61 Å². The molecule has 0 amide bonds.